The van der Waals surface area contributed by atoms with Crippen LogP contribution in [0.5, 0.6) is 0 Å². The first-order valence-corrected chi connectivity index (χ1v) is 13.4. The average molecular weight is 507 g/mol. The smallest absolute Gasteiger partial charge is 0.150 e. The van der Waals surface area contributed by atoms with E-state index in [1.165, 1.54) is 0 Å². The fourth-order valence-corrected chi connectivity index (χ4v) is 5.69. The molecule has 1 aliphatic heterocycles. The van der Waals surface area contributed by atoms with Crippen molar-refractivity contribution in [3.63, 3.8) is 0 Å². The minimum Gasteiger partial charge on any atom is -0.382 e. The minimum absolute atomic E-state index is 0.411. The van der Waals surface area contributed by atoms with Gasteiger partial charge in [0.25, 0.3) is 0 Å². The number of nitrogens with two attached hydrogens (primary N) is 1. The first-order chi connectivity index (χ1) is 18.6. The highest BCUT2D eigenvalue weighted by Crippen LogP contribution is 2.43. The van der Waals surface area contributed by atoms with Crippen molar-refractivity contribution in [2.45, 2.75) is 25.7 Å². The van der Waals surface area contributed by atoms with Crippen LogP contribution in [-0.4, -0.2) is 57.8 Å². The molecule has 0 radical (unpaired) electrons. The Bertz CT molecular complexity index is 1470. The predicted molar refractivity (Wildman–Crippen MR) is 154 cm³/mol. The van der Waals surface area contributed by atoms with Gasteiger partial charge in [-0.15, -0.1) is 0 Å². The van der Waals surface area contributed by atoms with Gasteiger partial charge in [0.1, 0.15) is 22.9 Å². The van der Waals surface area contributed by atoms with E-state index in [9.17, 15) is 0 Å². The fourth-order valence-electron chi connectivity index (χ4n) is 5.69. The van der Waals surface area contributed by atoms with Crippen molar-refractivity contribution in [1.29, 1.82) is 0 Å². The number of imidazole rings is 1. The Labute approximate surface area is 223 Å². The lowest BCUT2D eigenvalue weighted by Crippen LogP contribution is -2.42. The van der Waals surface area contributed by atoms with Crippen molar-refractivity contribution >= 4 is 28.3 Å². The van der Waals surface area contributed by atoms with Gasteiger partial charge in [0.2, 0.25) is 0 Å². The second-order valence-corrected chi connectivity index (χ2v) is 10.3. The van der Waals surface area contributed by atoms with Crippen LogP contribution in [0.2, 0.25) is 0 Å². The van der Waals surface area contributed by atoms with Gasteiger partial charge in [-0.1, -0.05) is 55.1 Å². The molecule has 2 N–H and O–H groups in total. The van der Waals surface area contributed by atoms with E-state index < -0.39 is 0 Å². The Morgan fingerprint density at radius 1 is 1.18 bits per heavy atom. The molecule has 38 heavy (non-hydrogen) atoms. The molecule has 3 heterocycles. The summed E-state index contributed by atoms with van der Waals surface area (Å²) < 4.78 is 7.65. The molecule has 0 unspecified atom stereocenters. The topological polar surface area (TPSA) is 81.0 Å². The van der Waals surface area contributed by atoms with Gasteiger partial charge in [-0.2, -0.15) is 0 Å². The van der Waals surface area contributed by atoms with E-state index in [4.69, 9.17) is 20.4 Å². The zero-order valence-corrected chi connectivity index (χ0v) is 21.9. The molecule has 2 aromatic heterocycles. The van der Waals surface area contributed by atoms with Crippen LogP contribution in [-0.2, 0) is 4.74 Å². The third-order valence-corrected chi connectivity index (χ3v) is 7.81. The van der Waals surface area contributed by atoms with Crippen LogP contribution in [0.15, 0.2) is 84.2 Å². The number of nitrogen functional groups attached to an aromatic ring is 1. The number of nitrogens with zero attached hydrogens (tertiary/aromatic N) is 5. The number of hydrogen-bond donors (Lipinski definition) is 1. The molecule has 1 aromatic carbocycles. The number of allylic oxidation sites excluding steroid dienone is 6. The number of aliphatic imine (C=N–C) groups is 1. The van der Waals surface area contributed by atoms with Crippen molar-refractivity contribution in [3.8, 4) is 0 Å². The molecule has 3 aliphatic rings. The molecule has 0 amide bonds. The number of fused-ring (bicyclic) bond motifs is 1. The van der Waals surface area contributed by atoms with E-state index in [2.05, 4.69) is 45.2 Å². The Morgan fingerprint density at radius 2 is 1.97 bits per heavy atom. The molecule has 0 spiro atoms. The molecule has 1 saturated carbocycles. The van der Waals surface area contributed by atoms with E-state index in [0.29, 0.717) is 17.7 Å². The van der Waals surface area contributed by atoms with Gasteiger partial charge in [0.15, 0.2) is 0 Å². The van der Waals surface area contributed by atoms with E-state index >= 15 is 0 Å². The molecule has 0 atom stereocenters. The number of anilines is 1. The highest BCUT2D eigenvalue weighted by Gasteiger charge is 2.35. The molecule has 6 rings (SSSR count). The van der Waals surface area contributed by atoms with Gasteiger partial charge in [-0.3, -0.25) is 9.30 Å². The van der Waals surface area contributed by atoms with Crippen LogP contribution in [0.4, 0.5) is 5.82 Å². The number of ether oxygens (including phenoxy) is 1. The minimum atomic E-state index is 0.411. The van der Waals surface area contributed by atoms with E-state index in [-0.39, 0.29) is 0 Å². The highest BCUT2D eigenvalue weighted by molar-refractivity contribution is 6.18. The molecule has 3 aromatic rings. The van der Waals surface area contributed by atoms with Gasteiger partial charge in [0, 0.05) is 43.5 Å². The number of aromatic nitrogens is 3. The lowest BCUT2D eigenvalue weighted by molar-refractivity contribution is 0.0214. The second-order valence-electron chi connectivity index (χ2n) is 10.3. The van der Waals surface area contributed by atoms with Crippen molar-refractivity contribution in [2.24, 2.45) is 10.9 Å². The van der Waals surface area contributed by atoms with Gasteiger partial charge >= 0.3 is 0 Å². The van der Waals surface area contributed by atoms with E-state index in [1.54, 1.807) is 6.20 Å². The summed E-state index contributed by atoms with van der Waals surface area (Å²) in [5.41, 5.74) is 12.8. The standard InChI is InChI=1S/C31H34N6O/c1-3-23-9-10-25(19-27(23)34-21(2)24-7-5-4-6-8-24)28-29-30(32)33-11-12-37(29)31(35-28)26-17-22(18-26)20-36-13-15-38-16-14-36/h3-12,19,22,26H,2,13-18,20H2,1H3,(H2,32,33)/b23-3-,34-27?. The first kappa shape index (κ1) is 24.5. The summed E-state index contributed by atoms with van der Waals surface area (Å²) in [6, 6.07) is 10.0. The highest BCUT2D eigenvalue weighted by atomic mass is 16.5. The number of benzene rings is 1. The zero-order chi connectivity index (χ0) is 26.1. The lowest BCUT2D eigenvalue weighted by atomic mass is 9.74. The summed E-state index contributed by atoms with van der Waals surface area (Å²) in [6.45, 7) is 11.1. The molecule has 7 nitrogen and oxygen atoms in total. The Kier molecular flexibility index (Phi) is 6.79. The summed E-state index contributed by atoms with van der Waals surface area (Å²) in [5.74, 6) is 2.67. The SMILES string of the molecule is C=C(N=C1C=C(c2nc(C3CC(CN4CCOCC4)C3)n3ccnc(N)c23)C=C/C1=C/C)c1ccccc1. The van der Waals surface area contributed by atoms with E-state index in [0.717, 1.165) is 90.8 Å². The molecule has 1 saturated heterocycles. The van der Waals surface area contributed by atoms with Gasteiger partial charge < -0.3 is 10.5 Å². The Morgan fingerprint density at radius 3 is 2.74 bits per heavy atom. The molecule has 2 aliphatic carbocycles. The summed E-state index contributed by atoms with van der Waals surface area (Å²) in [6.07, 6.45) is 14.4. The van der Waals surface area contributed by atoms with Gasteiger partial charge in [-0.05, 0) is 42.9 Å². The molecule has 2 fully saturated rings. The maximum absolute atomic E-state index is 6.43. The van der Waals surface area contributed by atoms with Crippen LogP contribution in [0.3, 0.4) is 0 Å². The summed E-state index contributed by atoms with van der Waals surface area (Å²) in [5, 5.41) is 0. The van der Waals surface area contributed by atoms with Crippen LogP contribution in [0.1, 0.15) is 42.8 Å². The number of morpholine rings is 1. The third kappa shape index (κ3) is 4.75. The van der Waals surface area contributed by atoms with Crippen molar-refractivity contribution in [1.82, 2.24) is 19.3 Å². The van der Waals surface area contributed by atoms with E-state index in [1.807, 2.05) is 43.5 Å². The normalized spacial score (nSPS) is 24.1. The summed E-state index contributed by atoms with van der Waals surface area (Å²) >= 11 is 0. The quantitative estimate of drug-likeness (QED) is 0.500. The lowest BCUT2D eigenvalue weighted by Gasteiger charge is -2.39. The molecule has 0 bridgehead atoms. The fraction of sp³-hybridized carbons (Fsp3) is 0.323. The van der Waals surface area contributed by atoms with Crippen LogP contribution >= 0.6 is 0 Å². The molecule has 7 heteroatoms. The summed E-state index contributed by atoms with van der Waals surface area (Å²) in [7, 11) is 0. The maximum Gasteiger partial charge on any atom is 0.150 e. The number of rotatable bonds is 6. The largest absolute Gasteiger partial charge is 0.382 e. The van der Waals surface area contributed by atoms with Crippen molar-refractivity contribution in [2.75, 3.05) is 38.6 Å². The molecule has 194 valence electrons. The third-order valence-electron chi connectivity index (χ3n) is 7.81. The van der Waals surface area contributed by atoms with Crippen LogP contribution in [0, 0.1) is 5.92 Å². The van der Waals surface area contributed by atoms with Gasteiger partial charge in [0.05, 0.1) is 24.6 Å². The predicted octanol–water partition coefficient (Wildman–Crippen LogP) is 5.15. The zero-order valence-electron chi connectivity index (χ0n) is 21.9. The monoisotopic (exact) mass is 506 g/mol. The maximum atomic E-state index is 6.43. The van der Waals surface area contributed by atoms with Crippen LogP contribution < -0.4 is 5.73 Å². The van der Waals surface area contributed by atoms with Crippen molar-refractivity contribution < 1.29 is 4.74 Å². The first-order valence-electron chi connectivity index (χ1n) is 13.4. The van der Waals surface area contributed by atoms with Crippen molar-refractivity contribution in [3.05, 3.63) is 96.3 Å². The van der Waals surface area contributed by atoms with Gasteiger partial charge in [-0.25, -0.2) is 15.0 Å². The summed E-state index contributed by atoms with van der Waals surface area (Å²) in [4.78, 5) is 17.0. The Hall–Kier alpha value is -3.81. The Balaban J connectivity index is 1.31. The average Bonchev–Trinajstić information content (AvgIpc) is 3.32. The molecular formula is C31H34N6O. The van der Waals surface area contributed by atoms with Crippen LogP contribution in [0.25, 0.3) is 16.8 Å². The number of hydrogen-bond acceptors (Lipinski definition) is 6. The molecular weight excluding hydrogens is 472 g/mol. The second kappa shape index (κ2) is 10.5.